The first-order valence-corrected chi connectivity index (χ1v) is 13.0. The molecule has 184 valence electrons. The zero-order chi connectivity index (χ0) is 25.8. The van der Waals surface area contributed by atoms with Gasteiger partial charge in [0.25, 0.3) is 0 Å². The largest absolute Gasteiger partial charge is 0.507 e. The maximum atomic E-state index is 12.2. The number of aromatic hydroxyl groups is 1. The van der Waals surface area contributed by atoms with Crippen LogP contribution in [0.4, 0.5) is 0 Å². The maximum Gasteiger partial charge on any atom is 0.123 e. The quantitative estimate of drug-likeness (QED) is 0.239. The minimum absolute atomic E-state index is 0.0874. The molecule has 0 spiro atoms. The monoisotopic (exact) mass is 482 g/mol. The summed E-state index contributed by atoms with van der Waals surface area (Å²) in [6, 6.07) is 46.5. The van der Waals surface area contributed by atoms with E-state index in [4.69, 9.17) is 0 Å². The molecule has 0 aliphatic rings. The Hall–Kier alpha value is -4.10. The first kappa shape index (κ1) is 24.6. The standard InChI is InChI=1S/C36H34O/c1-36(2,3)30-24-31(33(26-16-8-4-9-17-26)27-18-10-5-11-19-27)35(37)32(25-30)34(28-20-12-6-13-21-28)29-22-14-7-15-23-29/h4-25,33-34,37H,1-3H3. The van der Waals surface area contributed by atoms with Gasteiger partial charge in [0.15, 0.2) is 0 Å². The SMILES string of the molecule is CC(C)(C)c1cc(C(c2ccccc2)c2ccccc2)c(O)c(C(c2ccccc2)c2ccccc2)c1. The number of phenols is 1. The van der Waals surface area contributed by atoms with Gasteiger partial charge in [0.05, 0.1) is 0 Å². The lowest BCUT2D eigenvalue weighted by atomic mass is 9.75. The molecule has 1 heteroatoms. The lowest BCUT2D eigenvalue weighted by Crippen LogP contribution is -2.16. The summed E-state index contributed by atoms with van der Waals surface area (Å²) >= 11 is 0. The van der Waals surface area contributed by atoms with Gasteiger partial charge in [-0.25, -0.2) is 0 Å². The molecule has 0 unspecified atom stereocenters. The van der Waals surface area contributed by atoms with Crippen molar-refractivity contribution in [1.82, 2.24) is 0 Å². The molecule has 0 saturated carbocycles. The molecule has 1 N–H and O–H groups in total. The fraction of sp³-hybridized carbons (Fsp3) is 0.167. The van der Waals surface area contributed by atoms with E-state index in [-0.39, 0.29) is 17.3 Å². The predicted molar refractivity (Wildman–Crippen MR) is 154 cm³/mol. The van der Waals surface area contributed by atoms with Gasteiger partial charge < -0.3 is 5.11 Å². The second-order valence-corrected chi connectivity index (χ2v) is 10.8. The highest BCUT2D eigenvalue weighted by molar-refractivity contribution is 5.59. The van der Waals surface area contributed by atoms with Crippen molar-refractivity contribution in [2.45, 2.75) is 38.0 Å². The molecule has 0 atom stereocenters. The highest BCUT2D eigenvalue weighted by atomic mass is 16.3. The summed E-state index contributed by atoms with van der Waals surface area (Å²) in [6.07, 6.45) is 0. The summed E-state index contributed by atoms with van der Waals surface area (Å²) in [4.78, 5) is 0. The Morgan fingerprint density at radius 1 is 0.459 bits per heavy atom. The molecule has 5 aromatic carbocycles. The Bertz CT molecular complexity index is 1250. The van der Waals surface area contributed by atoms with Gasteiger partial charge in [-0.3, -0.25) is 0 Å². The Labute approximate surface area is 221 Å². The van der Waals surface area contributed by atoms with Gasteiger partial charge in [-0.2, -0.15) is 0 Å². The van der Waals surface area contributed by atoms with Crippen LogP contribution in [0.25, 0.3) is 0 Å². The van der Waals surface area contributed by atoms with E-state index in [1.54, 1.807) is 0 Å². The molecule has 5 rings (SSSR count). The summed E-state index contributed by atoms with van der Waals surface area (Å²) in [6.45, 7) is 6.73. The van der Waals surface area contributed by atoms with Crippen LogP contribution in [0.3, 0.4) is 0 Å². The molecule has 37 heavy (non-hydrogen) atoms. The summed E-state index contributed by atoms with van der Waals surface area (Å²) < 4.78 is 0. The smallest absolute Gasteiger partial charge is 0.123 e. The second-order valence-electron chi connectivity index (χ2n) is 10.8. The van der Waals surface area contributed by atoms with Crippen molar-refractivity contribution in [2.75, 3.05) is 0 Å². The van der Waals surface area contributed by atoms with E-state index < -0.39 is 0 Å². The van der Waals surface area contributed by atoms with Gasteiger partial charge in [-0.05, 0) is 33.2 Å². The molecule has 0 aliphatic heterocycles. The topological polar surface area (TPSA) is 20.2 Å². The fourth-order valence-electron chi connectivity index (χ4n) is 5.24. The van der Waals surface area contributed by atoms with Crippen LogP contribution < -0.4 is 0 Å². The molecule has 1 nitrogen and oxygen atoms in total. The van der Waals surface area contributed by atoms with Crippen LogP contribution in [0, 0.1) is 0 Å². The van der Waals surface area contributed by atoms with E-state index in [1.165, 1.54) is 5.56 Å². The molecule has 0 amide bonds. The van der Waals surface area contributed by atoms with Crippen LogP contribution in [0.5, 0.6) is 5.75 Å². The lowest BCUT2D eigenvalue weighted by molar-refractivity contribution is 0.457. The zero-order valence-corrected chi connectivity index (χ0v) is 21.8. The average molecular weight is 483 g/mol. The number of rotatable bonds is 6. The van der Waals surface area contributed by atoms with Crippen molar-refractivity contribution < 1.29 is 5.11 Å². The molecule has 0 aliphatic carbocycles. The number of hydrogen-bond acceptors (Lipinski definition) is 1. The van der Waals surface area contributed by atoms with Gasteiger partial charge in [0.1, 0.15) is 5.75 Å². The van der Waals surface area contributed by atoms with Crippen LogP contribution >= 0.6 is 0 Å². The first-order chi connectivity index (χ1) is 17.9. The summed E-state index contributed by atoms with van der Waals surface area (Å²) in [7, 11) is 0. The summed E-state index contributed by atoms with van der Waals surface area (Å²) in [5.41, 5.74) is 7.66. The Kier molecular flexibility index (Phi) is 6.97. The average Bonchev–Trinajstić information content (AvgIpc) is 2.92. The van der Waals surface area contributed by atoms with Crippen LogP contribution in [-0.2, 0) is 5.41 Å². The van der Waals surface area contributed by atoms with E-state index in [2.05, 4.69) is 130 Å². The molecule has 0 radical (unpaired) electrons. The van der Waals surface area contributed by atoms with Gasteiger partial charge in [-0.1, -0.05) is 154 Å². The van der Waals surface area contributed by atoms with Crippen molar-refractivity contribution in [3.63, 3.8) is 0 Å². The van der Waals surface area contributed by atoms with E-state index in [1.807, 2.05) is 24.3 Å². The van der Waals surface area contributed by atoms with E-state index in [0.717, 1.165) is 33.4 Å². The van der Waals surface area contributed by atoms with Crippen molar-refractivity contribution in [3.8, 4) is 5.75 Å². The Morgan fingerprint density at radius 3 is 0.973 bits per heavy atom. The second kappa shape index (κ2) is 10.5. The van der Waals surface area contributed by atoms with E-state index in [0.29, 0.717) is 5.75 Å². The van der Waals surface area contributed by atoms with Gasteiger partial charge >= 0.3 is 0 Å². The first-order valence-electron chi connectivity index (χ1n) is 13.0. The molecule has 5 aromatic rings. The van der Waals surface area contributed by atoms with Crippen molar-refractivity contribution in [2.24, 2.45) is 0 Å². The van der Waals surface area contributed by atoms with Gasteiger partial charge in [-0.15, -0.1) is 0 Å². The van der Waals surface area contributed by atoms with Crippen LogP contribution in [0.2, 0.25) is 0 Å². The molecule has 0 bridgehead atoms. The van der Waals surface area contributed by atoms with Crippen LogP contribution in [0.1, 0.15) is 71.6 Å². The third-order valence-corrected chi connectivity index (χ3v) is 7.19. The highest BCUT2D eigenvalue weighted by Gasteiger charge is 2.29. The Morgan fingerprint density at radius 2 is 0.730 bits per heavy atom. The number of benzene rings is 5. The van der Waals surface area contributed by atoms with Crippen molar-refractivity contribution >= 4 is 0 Å². The van der Waals surface area contributed by atoms with Gasteiger partial charge in [0, 0.05) is 23.0 Å². The lowest BCUT2D eigenvalue weighted by Gasteiger charge is -2.29. The summed E-state index contributed by atoms with van der Waals surface area (Å²) in [5, 5.41) is 12.2. The third kappa shape index (κ3) is 5.22. The molecule has 0 saturated heterocycles. The van der Waals surface area contributed by atoms with Crippen LogP contribution in [0.15, 0.2) is 133 Å². The molecular formula is C36H34O. The third-order valence-electron chi connectivity index (χ3n) is 7.19. The van der Waals surface area contributed by atoms with Crippen LogP contribution in [-0.4, -0.2) is 5.11 Å². The number of hydrogen-bond donors (Lipinski definition) is 1. The maximum absolute atomic E-state index is 12.2. The number of phenolic OH excluding ortho intramolecular Hbond substituents is 1. The summed E-state index contributed by atoms with van der Waals surface area (Å²) in [5.74, 6) is 0.190. The Balaban J connectivity index is 1.82. The predicted octanol–water partition coefficient (Wildman–Crippen LogP) is 9.05. The minimum Gasteiger partial charge on any atom is -0.507 e. The fourth-order valence-corrected chi connectivity index (χ4v) is 5.24. The van der Waals surface area contributed by atoms with Gasteiger partial charge in [0.2, 0.25) is 0 Å². The minimum atomic E-state index is -0.0902. The molecular weight excluding hydrogens is 448 g/mol. The van der Waals surface area contributed by atoms with E-state index in [9.17, 15) is 5.11 Å². The van der Waals surface area contributed by atoms with Crippen molar-refractivity contribution in [1.29, 1.82) is 0 Å². The van der Waals surface area contributed by atoms with E-state index >= 15 is 0 Å². The molecule has 0 heterocycles. The normalized spacial score (nSPS) is 11.7. The van der Waals surface area contributed by atoms with Crippen molar-refractivity contribution in [3.05, 3.63) is 172 Å². The zero-order valence-electron chi connectivity index (χ0n) is 21.8. The highest BCUT2D eigenvalue weighted by Crippen LogP contribution is 2.46. The molecule has 0 fully saturated rings. The molecule has 0 aromatic heterocycles.